The molecule has 2 fully saturated rings. The van der Waals surface area contributed by atoms with E-state index in [1.807, 2.05) is 47.4 Å². The molecule has 0 aliphatic carbocycles. The summed E-state index contributed by atoms with van der Waals surface area (Å²) in [5.41, 5.74) is 5.30. The topological polar surface area (TPSA) is 81.8 Å². The summed E-state index contributed by atoms with van der Waals surface area (Å²) in [5, 5.41) is 0.913. The van der Waals surface area contributed by atoms with E-state index in [0.717, 1.165) is 42.8 Å². The number of nitrogens with zero attached hydrogens (tertiary/aromatic N) is 4. The Labute approximate surface area is 215 Å². The second kappa shape index (κ2) is 10.1. The Kier molecular flexibility index (Phi) is 6.32. The van der Waals surface area contributed by atoms with Crippen LogP contribution in [0.25, 0.3) is 22.2 Å². The molecule has 2 aromatic carbocycles. The number of aromatic nitrogens is 2. The fourth-order valence-electron chi connectivity index (χ4n) is 5.03. The largest absolute Gasteiger partial charge is 0.378 e. The van der Waals surface area contributed by atoms with E-state index in [2.05, 4.69) is 39.1 Å². The van der Waals surface area contributed by atoms with Crippen molar-refractivity contribution >= 4 is 28.5 Å². The number of piperazine rings is 1. The quantitative estimate of drug-likeness (QED) is 0.467. The third-order valence-corrected chi connectivity index (χ3v) is 7.19. The van der Waals surface area contributed by atoms with Crippen molar-refractivity contribution in [2.45, 2.75) is 0 Å². The first-order valence-corrected chi connectivity index (χ1v) is 12.7. The Morgan fingerprint density at radius 2 is 1.38 bits per heavy atom. The minimum absolute atomic E-state index is 0.00359. The Morgan fingerprint density at radius 3 is 2.03 bits per heavy atom. The highest BCUT2D eigenvalue weighted by molar-refractivity contribution is 5.98. The molecule has 2 amide bonds. The highest BCUT2D eigenvalue weighted by Crippen LogP contribution is 2.25. The number of aromatic amines is 1. The highest BCUT2D eigenvalue weighted by Gasteiger charge is 2.26. The zero-order valence-electron chi connectivity index (χ0n) is 20.6. The van der Waals surface area contributed by atoms with Crippen LogP contribution in [0.4, 0.5) is 5.69 Å². The molecular formula is C29H29N5O3. The normalized spacial score (nSPS) is 16.3. The van der Waals surface area contributed by atoms with Crippen LogP contribution in [0.1, 0.15) is 20.8 Å². The van der Waals surface area contributed by atoms with E-state index in [9.17, 15) is 9.59 Å². The fraction of sp³-hybridized carbons (Fsp3) is 0.276. The van der Waals surface area contributed by atoms with Crippen molar-refractivity contribution in [2.75, 3.05) is 57.4 Å². The predicted molar refractivity (Wildman–Crippen MR) is 143 cm³/mol. The van der Waals surface area contributed by atoms with Gasteiger partial charge in [0.1, 0.15) is 11.3 Å². The first kappa shape index (κ1) is 23.2. The first-order chi connectivity index (χ1) is 18.2. The molecule has 0 atom stereocenters. The van der Waals surface area contributed by atoms with Gasteiger partial charge in [-0.1, -0.05) is 24.3 Å². The number of anilines is 1. The number of ether oxygens (including phenoxy) is 1. The molecule has 2 aromatic heterocycles. The fourth-order valence-corrected chi connectivity index (χ4v) is 5.03. The van der Waals surface area contributed by atoms with Crippen LogP contribution in [0.15, 0.2) is 72.9 Å². The summed E-state index contributed by atoms with van der Waals surface area (Å²) in [6, 6.07) is 21.9. The lowest BCUT2D eigenvalue weighted by Crippen LogP contribution is -2.50. The van der Waals surface area contributed by atoms with Crippen LogP contribution < -0.4 is 4.90 Å². The van der Waals surface area contributed by atoms with E-state index in [4.69, 9.17) is 4.74 Å². The average Bonchev–Trinajstić information content (AvgIpc) is 3.42. The number of hydrogen-bond acceptors (Lipinski definition) is 5. The number of hydrogen-bond donors (Lipinski definition) is 1. The van der Waals surface area contributed by atoms with Gasteiger partial charge in [0.15, 0.2) is 0 Å². The monoisotopic (exact) mass is 495 g/mol. The van der Waals surface area contributed by atoms with Crippen molar-refractivity contribution in [1.82, 2.24) is 19.8 Å². The number of carbonyl (C=O) groups excluding carboxylic acids is 2. The van der Waals surface area contributed by atoms with Gasteiger partial charge in [0.25, 0.3) is 11.8 Å². The zero-order valence-corrected chi connectivity index (χ0v) is 20.6. The first-order valence-electron chi connectivity index (χ1n) is 12.7. The molecule has 1 N–H and O–H groups in total. The summed E-state index contributed by atoms with van der Waals surface area (Å²) >= 11 is 0. The van der Waals surface area contributed by atoms with Crippen LogP contribution in [-0.2, 0) is 4.74 Å². The van der Waals surface area contributed by atoms with Gasteiger partial charge < -0.3 is 24.4 Å². The SMILES string of the molecule is O=C(c1ccc(-c2ccc(N3CCOCC3)cc2)cc1)N1CCN(C(=O)c2cc3cccnc3[nH]2)CC1. The summed E-state index contributed by atoms with van der Waals surface area (Å²) < 4.78 is 5.44. The summed E-state index contributed by atoms with van der Waals surface area (Å²) in [6.45, 7) is 5.39. The Bertz CT molecular complexity index is 1370. The number of benzene rings is 2. The molecule has 0 unspecified atom stereocenters. The van der Waals surface area contributed by atoms with Crippen LogP contribution in [0.2, 0.25) is 0 Å². The minimum Gasteiger partial charge on any atom is -0.378 e. The second-order valence-electron chi connectivity index (χ2n) is 9.43. The molecule has 8 nitrogen and oxygen atoms in total. The molecule has 0 radical (unpaired) electrons. The number of amides is 2. The van der Waals surface area contributed by atoms with E-state index in [1.54, 1.807) is 11.1 Å². The molecule has 0 spiro atoms. The molecule has 37 heavy (non-hydrogen) atoms. The Morgan fingerprint density at radius 1 is 0.757 bits per heavy atom. The third kappa shape index (κ3) is 4.80. The van der Waals surface area contributed by atoms with Gasteiger partial charge in [-0.05, 0) is 53.6 Å². The van der Waals surface area contributed by atoms with Gasteiger partial charge in [-0.15, -0.1) is 0 Å². The summed E-state index contributed by atoms with van der Waals surface area (Å²) in [5.74, 6) is -0.0646. The molecule has 188 valence electrons. The maximum Gasteiger partial charge on any atom is 0.270 e. The van der Waals surface area contributed by atoms with Gasteiger partial charge in [0, 0.05) is 62.1 Å². The zero-order chi connectivity index (χ0) is 25.2. The molecule has 4 heterocycles. The number of nitrogens with one attached hydrogen (secondary N) is 1. The number of fused-ring (bicyclic) bond motifs is 1. The van der Waals surface area contributed by atoms with Crippen LogP contribution in [0.3, 0.4) is 0 Å². The average molecular weight is 496 g/mol. The lowest BCUT2D eigenvalue weighted by molar-refractivity contribution is 0.0533. The maximum absolute atomic E-state index is 13.1. The second-order valence-corrected chi connectivity index (χ2v) is 9.43. The van der Waals surface area contributed by atoms with Gasteiger partial charge in [0.2, 0.25) is 0 Å². The van der Waals surface area contributed by atoms with Crippen molar-refractivity contribution in [3.05, 3.63) is 84.2 Å². The van der Waals surface area contributed by atoms with Crippen LogP contribution in [-0.4, -0.2) is 84.1 Å². The molecule has 2 saturated heterocycles. The number of pyridine rings is 1. The number of H-pyrrole nitrogens is 1. The van der Waals surface area contributed by atoms with Crippen LogP contribution >= 0.6 is 0 Å². The van der Waals surface area contributed by atoms with Crippen molar-refractivity contribution < 1.29 is 14.3 Å². The molecule has 0 bridgehead atoms. The standard InChI is InChI=1S/C29H29N5O3/c35-28(33-12-14-34(15-13-33)29(36)26-20-24-2-1-11-30-27(24)31-26)23-5-3-21(4-6-23)22-7-9-25(10-8-22)32-16-18-37-19-17-32/h1-11,20H,12-19H2,(H,30,31). The molecule has 2 aliphatic heterocycles. The van der Waals surface area contributed by atoms with Crippen molar-refractivity contribution in [1.29, 1.82) is 0 Å². The van der Waals surface area contributed by atoms with E-state index < -0.39 is 0 Å². The summed E-state index contributed by atoms with van der Waals surface area (Å²) in [4.78, 5) is 39.4. The van der Waals surface area contributed by atoms with Gasteiger partial charge in [0.05, 0.1) is 13.2 Å². The lowest BCUT2D eigenvalue weighted by atomic mass is 10.0. The number of morpholine rings is 1. The molecule has 2 aliphatic rings. The van der Waals surface area contributed by atoms with E-state index >= 15 is 0 Å². The molecule has 8 heteroatoms. The number of rotatable bonds is 4. The third-order valence-electron chi connectivity index (χ3n) is 7.19. The van der Waals surface area contributed by atoms with Crippen LogP contribution in [0.5, 0.6) is 0 Å². The highest BCUT2D eigenvalue weighted by atomic mass is 16.5. The molecule has 6 rings (SSSR count). The molecule has 4 aromatic rings. The van der Waals surface area contributed by atoms with Crippen molar-refractivity contribution in [3.8, 4) is 11.1 Å². The smallest absolute Gasteiger partial charge is 0.270 e. The van der Waals surface area contributed by atoms with Crippen LogP contribution in [0, 0.1) is 0 Å². The molecule has 0 saturated carbocycles. The van der Waals surface area contributed by atoms with E-state index in [0.29, 0.717) is 43.1 Å². The van der Waals surface area contributed by atoms with Gasteiger partial charge in [-0.3, -0.25) is 9.59 Å². The van der Waals surface area contributed by atoms with Gasteiger partial charge in [-0.2, -0.15) is 0 Å². The van der Waals surface area contributed by atoms with Gasteiger partial charge in [-0.25, -0.2) is 4.98 Å². The predicted octanol–water partition coefficient (Wildman–Crippen LogP) is 3.66. The van der Waals surface area contributed by atoms with Crippen molar-refractivity contribution in [3.63, 3.8) is 0 Å². The number of carbonyl (C=O) groups is 2. The van der Waals surface area contributed by atoms with Gasteiger partial charge >= 0.3 is 0 Å². The maximum atomic E-state index is 13.1. The Balaban J connectivity index is 1.06. The molecular weight excluding hydrogens is 466 g/mol. The summed E-state index contributed by atoms with van der Waals surface area (Å²) in [6.07, 6.45) is 1.70. The van der Waals surface area contributed by atoms with E-state index in [-0.39, 0.29) is 11.8 Å². The Hall–Kier alpha value is -4.17. The summed E-state index contributed by atoms with van der Waals surface area (Å²) in [7, 11) is 0. The van der Waals surface area contributed by atoms with Crippen molar-refractivity contribution in [2.24, 2.45) is 0 Å². The minimum atomic E-state index is -0.0610. The lowest BCUT2D eigenvalue weighted by Gasteiger charge is -2.34. The van der Waals surface area contributed by atoms with E-state index in [1.165, 1.54) is 5.69 Å².